The first kappa shape index (κ1) is 34.5. The number of hydrogen-bond donors (Lipinski definition) is 4. The van der Waals surface area contributed by atoms with E-state index >= 15 is 0 Å². The Kier molecular flexibility index (Phi) is 15.7. The molecule has 1 aliphatic carbocycles. The summed E-state index contributed by atoms with van der Waals surface area (Å²) in [6.07, 6.45) is 10.0. The van der Waals surface area contributed by atoms with E-state index in [1.54, 1.807) is 17.4 Å². The number of fused-ring (bicyclic) bond motifs is 2. The van der Waals surface area contributed by atoms with Crippen LogP contribution in [0.5, 0.6) is 11.5 Å². The summed E-state index contributed by atoms with van der Waals surface area (Å²) in [7, 11) is 0. The minimum absolute atomic E-state index is 0. The molecule has 0 spiro atoms. The van der Waals surface area contributed by atoms with E-state index in [-0.39, 0.29) is 48.7 Å². The number of thiazole rings is 1. The molecule has 3 aromatic rings. The van der Waals surface area contributed by atoms with Crippen LogP contribution in [-0.4, -0.2) is 52.3 Å². The summed E-state index contributed by atoms with van der Waals surface area (Å²) in [5.74, 6) is 0.0906. The first-order valence-corrected chi connectivity index (χ1v) is 14.0. The number of hydrogen-bond acceptors (Lipinski definition) is 7. The molecular weight excluding hydrogens is 563 g/mol. The van der Waals surface area contributed by atoms with Gasteiger partial charge in [-0.1, -0.05) is 43.2 Å². The Morgan fingerprint density at radius 3 is 2.61 bits per heavy atom. The minimum Gasteiger partial charge on any atom is -0.504 e. The lowest BCUT2D eigenvalue weighted by Gasteiger charge is -2.35. The van der Waals surface area contributed by atoms with E-state index < -0.39 is 0 Å². The SMILES string of the molecule is CCCN(CCCCCCNCCc1ccc2nc(N)sc2c1)C1CCc2c(ccc(O)c2O)C1.Cl.Cl.Cl. The van der Waals surface area contributed by atoms with Crippen LogP contribution in [0.4, 0.5) is 5.13 Å². The fourth-order valence-corrected chi connectivity index (χ4v) is 6.10. The van der Waals surface area contributed by atoms with Crippen LogP contribution >= 0.6 is 48.6 Å². The zero-order valence-corrected chi connectivity index (χ0v) is 25.4. The number of nitrogens with zero attached hydrogens (tertiary/aromatic N) is 2. The van der Waals surface area contributed by atoms with Gasteiger partial charge in [-0.25, -0.2) is 4.98 Å². The Morgan fingerprint density at radius 1 is 1.03 bits per heavy atom. The highest BCUT2D eigenvalue weighted by atomic mass is 35.5. The third-order valence-electron chi connectivity index (χ3n) is 7.18. The van der Waals surface area contributed by atoms with E-state index in [2.05, 4.69) is 40.3 Å². The van der Waals surface area contributed by atoms with Gasteiger partial charge in [-0.15, -0.1) is 37.2 Å². The van der Waals surface area contributed by atoms with Crippen molar-refractivity contribution in [2.24, 2.45) is 0 Å². The highest BCUT2D eigenvalue weighted by Gasteiger charge is 2.26. The molecule has 0 amide bonds. The molecule has 4 rings (SSSR count). The number of phenols is 2. The Bertz CT molecular complexity index is 1120. The van der Waals surface area contributed by atoms with Gasteiger partial charge in [0.05, 0.1) is 10.2 Å². The van der Waals surface area contributed by atoms with Gasteiger partial charge in [-0.2, -0.15) is 0 Å². The maximum Gasteiger partial charge on any atom is 0.181 e. The van der Waals surface area contributed by atoms with Gasteiger partial charge < -0.3 is 26.2 Å². The van der Waals surface area contributed by atoms with Gasteiger partial charge in [0.1, 0.15) is 0 Å². The van der Waals surface area contributed by atoms with Gasteiger partial charge in [-0.3, -0.25) is 0 Å². The summed E-state index contributed by atoms with van der Waals surface area (Å²) in [5, 5.41) is 24.2. The van der Waals surface area contributed by atoms with Crippen LogP contribution in [0.3, 0.4) is 0 Å². The second-order valence-electron chi connectivity index (χ2n) is 9.77. The lowest BCUT2D eigenvalue weighted by atomic mass is 9.86. The number of phenolic OH excluding ortho intramolecular Hbond substituents is 2. The second kappa shape index (κ2) is 17.3. The Balaban J connectivity index is 0.00000241. The molecule has 1 heterocycles. The number of anilines is 1. The number of unbranched alkanes of at least 4 members (excludes halogenated alkanes) is 3. The molecule has 0 radical (unpaired) electrons. The van der Waals surface area contributed by atoms with Gasteiger partial charge in [0, 0.05) is 11.6 Å². The first-order valence-electron chi connectivity index (χ1n) is 13.2. The van der Waals surface area contributed by atoms with Gasteiger partial charge in [0.15, 0.2) is 16.6 Å². The molecule has 1 aromatic heterocycles. The molecule has 2 aromatic carbocycles. The van der Waals surface area contributed by atoms with E-state index in [0.29, 0.717) is 11.2 Å². The van der Waals surface area contributed by atoms with Crippen molar-refractivity contribution in [3.63, 3.8) is 0 Å². The molecule has 0 saturated carbocycles. The Hall–Kier alpha value is -1.48. The Labute approximate surface area is 249 Å². The zero-order chi connectivity index (χ0) is 24.6. The minimum atomic E-state index is 0. The molecule has 1 unspecified atom stereocenters. The van der Waals surface area contributed by atoms with Crippen molar-refractivity contribution in [2.45, 2.75) is 70.8 Å². The van der Waals surface area contributed by atoms with Crippen molar-refractivity contribution in [1.29, 1.82) is 0 Å². The number of nitrogen functional groups attached to an aromatic ring is 1. The summed E-state index contributed by atoms with van der Waals surface area (Å²) in [4.78, 5) is 6.97. The quantitative estimate of drug-likeness (QED) is 0.131. The average molecular weight is 606 g/mol. The van der Waals surface area contributed by atoms with Gasteiger partial charge in [0.25, 0.3) is 0 Å². The number of aromatic hydroxyl groups is 2. The van der Waals surface area contributed by atoms with E-state index in [9.17, 15) is 10.2 Å². The number of nitrogens with two attached hydrogens (primary N) is 1. The van der Waals surface area contributed by atoms with E-state index in [1.165, 1.54) is 41.5 Å². The zero-order valence-electron chi connectivity index (χ0n) is 22.2. The summed E-state index contributed by atoms with van der Waals surface area (Å²) < 4.78 is 1.17. The van der Waals surface area contributed by atoms with Crippen LogP contribution in [0.15, 0.2) is 30.3 Å². The summed E-state index contributed by atoms with van der Waals surface area (Å²) in [6.45, 7) is 6.61. The molecule has 5 N–H and O–H groups in total. The predicted octanol–water partition coefficient (Wildman–Crippen LogP) is 6.52. The summed E-state index contributed by atoms with van der Waals surface area (Å²) in [6, 6.07) is 10.6. The van der Waals surface area contributed by atoms with Crippen LogP contribution in [0.25, 0.3) is 10.2 Å². The van der Waals surface area contributed by atoms with Crippen molar-refractivity contribution in [1.82, 2.24) is 15.2 Å². The number of rotatable bonds is 13. The molecule has 0 aliphatic heterocycles. The van der Waals surface area contributed by atoms with Gasteiger partial charge >= 0.3 is 0 Å². The van der Waals surface area contributed by atoms with E-state index in [1.807, 2.05) is 6.07 Å². The van der Waals surface area contributed by atoms with E-state index in [4.69, 9.17) is 5.73 Å². The van der Waals surface area contributed by atoms with Crippen LogP contribution in [0, 0.1) is 0 Å². The van der Waals surface area contributed by atoms with Gasteiger partial charge in [-0.05, 0) is 100 Å². The fraction of sp³-hybridized carbons (Fsp3) is 0.536. The maximum absolute atomic E-state index is 10.2. The summed E-state index contributed by atoms with van der Waals surface area (Å²) >= 11 is 1.56. The highest BCUT2D eigenvalue weighted by molar-refractivity contribution is 7.22. The third kappa shape index (κ3) is 9.32. The first-order chi connectivity index (χ1) is 17.0. The molecule has 6 nitrogen and oxygen atoms in total. The predicted molar refractivity (Wildman–Crippen MR) is 168 cm³/mol. The van der Waals surface area contributed by atoms with Crippen LogP contribution in [0.2, 0.25) is 0 Å². The third-order valence-corrected chi connectivity index (χ3v) is 8.02. The van der Waals surface area contributed by atoms with Gasteiger partial charge in [0.2, 0.25) is 0 Å². The Morgan fingerprint density at radius 2 is 1.82 bits per heavy atom. The second-order valence-corrected chi connectivity index (χ2v) is 10.8. The standard InChI is InChI=1S/C28H40N4O2S.3ClH/c1-2-16-32(22-9-10-23-21(19-22)8-12-25(33)27(23)34)17-6-4-3-5-14-30-15-13-20-7-11-24-26(18-20)35-28(29)31-24;;;/h7-8,11-12,18,22,30,33-34H,2-6,9-10,13-17,19H2,1H3,(H2,29,31);3*1H. The van der Waals surface area contributed by atoms with Crippen molar-refractivity contribution in [3.8, 4) is 11.5 Å². The molecule has 1 aliphatic rings. The van der Waals surface area contributed by atoms with Crippen LogP contribution < -0.4 is 11.1 Å². The maximum atomic E-state index is 10.2. The fourth-order valence-electron chi connectivity index (χ4n) is 5.30. The molecule has 0 saturated heterocycles. The number of halogens is 3. The van der Waals surface area contributed by atoms with Crippen molar-refractivity contribution in [2.75, 3.05) is 31.9 Å². The van der Waals surface area contributed by atoms with Crippen molar-refractivity contribution < 1.29 is 10.2 Å². The number of benzene rings is 2. The lowest BCUT2D eigenvalue weighted by Crippen LogP contribution is -2.40. The average Bonchev–Trinajstić information content (AvgIpc) is 3.23. The molecule has 0 fully saturated rings. The molecular formula is C28H43Cl3N4O2S. The van der Waals surface area contributed by atoms with Crippen LogP contribution in [-0.2, 0) is 19.3 Å². The van der Waals surface area contributed by atoms with Crippen molar-refractivity contribution in [3.05, 3.63) is 47.0 Å². The van der Waals surface area contributed by atoms with Crippen LogP contribution in [0.1, 0.15) is 62.1 Å². The molecule has 1 atom stereocenters. The largest absolute Gasteiger partial charge is 0.504 e. The molecule has 214 valence electrons. The number of aromatic nitrogens is 1. The normalized spacial score (nSPS) is 14.4. The van der Waals surface area contributed by atoms with Crippen molar-refractivity contribution >= 4 is 63.9 Å². The monoisotopic (exact) mass is 604 g/mol. The highest BCUT2D eigenvalue weighted by Crippen LogP contribution is 2.36. The molecule has 38 heavy (non-hydrogen) atoms. The number of nitrogens with one attached hydrogen (secondary N) is 1. The van der Waals surface area contributed by atoms with E-state index in [0.717, 1.165) is 69.4 Å². The summed E-state index contributed by atoms with van der Waals surface area (Å²) in [5.41, 5.74) is 10.3. The molecule has 0 bridgehead atoms. The lowest BCUT2D eigenvalue weighted by molar-refractivity contribution is 0.175. The smallest absolute Gasteiger partial charge is 0.181 e. The molecule has 10 heteroatoms. The topological polar surface area (TPSA) is 94.6 Å².